The van der Waals surface area contributed by atoms with E-state index in [1.54, 1.807) is 7.05 Å². The van der Waals surface area contributed by atoms with Crippen LogP contribution < -0.4 is 5.32 Å². The van der Waals surface area contributed by atoms with Crippen LogP contribution in [0.1, 0.15) is 6.92 Å². The fraction of sp³-hybridized carbons (Fsp3) is 0.875. The third kappa shape index (κ3) is 2.19. The van der Waals surface area contributed by atoms with Gasteiger partial charge in [0.1, 0.15) is 0 Å². The molecule has 0 aromatic heterocycles. The van der Waals surface area contributed by atoms with Gasteiger partial charge in [0, 0.05) is 20.1 Å². The molecule has 4 heteroatoms. The highest BCUT2D eigenvalue weighted by Crippen LogP contribution is 2.02. The van der Waals surface area contributed by atoms with E-state index >= 15 is 0 Å². The third-order valence-corrected chi connectivity index (χ3v) is 2.22. The molecular weight excluding hydrogens is 156 g/mol. The van der Waals surface area contributed by atoms with E-state index in [9.17, 15) is 4.79 Å². The second kappa shape index (κ2) is 4.42. The number of carbonyl (C=O) groups excluding carboxylic acids is 1. The first-order chi connectivity index (χ1) is 5.75. The SMILES string of the molecule is CNC(=O)[C@H](C)N1CCOCC1. The van der Waals surface area contributed by atoms with Gasteiger partial charge in [-0.3, -0.25) is 9.69 Å². The van der Waals surface area contributed by atoms with Gasteiger partial charge in [-0.1, -0.05) is 0 Å². The zero-order valence-corrected chi connectivity index (χ0v) is 7.67. The highest BCUT2D eigenvalue weighted by atomic mass is 16.5. The van der Waals surface area contributed by atoms with Crippen molar-refractivity contribution in [1.29, 1.82) is 0 Å². The molecule has 0 bridgehead atoms. The van der Waals surface area contributed by atoms with Crippen LogP contribution in [-0.2, 0) is 9.53 Å². The van der Waals surface area contributed by atoms with Gasteiger partial charge in [0.05, 0.1) is 19.3 Å². The molecule has 0 aliphatic carbocycles. The third-order valence-electron chi connectivity index (χ3n) is 2.22. The molecule has 0 unspecified atom stereocenters. The largest absolute Gasteiger partial charge is 0.379 e. The van der Waals surface area contributed by atoms with Crippen molar-refractivity contribution in [3.8, 4) is 0 Å². The summed E-state index contributed by atoms with van der Waals surface area (Å²) in [5, 5.41) is 2.64. The Kier molecular flexibility index (Phi) is 3.49. The van der Waals surface area contributed by atoms with Gasteiger partial charge >= 0.3 is 0 Å². The molecule has 1 N–H and O–H groups in total. The Hall–Kier alpha value is -0.610. The molecule has 1 amide bonds. The standard InChI is InChI=1S/C8H16N2O2/c1-7(8(11)9-2)10-3-5-12-6-4-10/h7H,3-6H2,1-2H3,(H,9,11)/t7-/m0/s1. The lowest BCUT2D eigenvalue weighted by Crippen LogP contribution is -2.48. The zero-order valence-electron chi connectivity index (χ0n) is 7.67. The van der Waals surface area contributed by atoms with Gasteiger partial charge in [-0.25, -0.2) is 0 Å². The quantitative estimate of drug-likeness (QED) is 0.608. The Morgan fingerprint density at radius 1 is 1.50 bits per heavy atom. The van der Waals surface area contributed by atoms with Crippen LogP contribution in [0.2, 0.25) is 0 Å². The number of hydrogen-bond acceptors (Lipinski definition) is 3. The van der Waals surface area contributed by atoms with E-state index in [1.807, 2.05) is 6.92 Å². The van der Waals surface area contributed by atoms with Crippen molar-refractivity contribution in [1.82, 2.24) is 10.2 Å². The van der Waals surface area contributed by atoms with E-state index in [-0.39, 0.29) is 11.9 Å². The smallest absolute Gasteiger partial charge is 0.236 e. The molecule has 1 aliphatic heterocycles. The van der Waals surface area contributed by atoms with Crippen LogP contribution in [0, 0.1) is 0 Å². The van der Waals surface area contributed by atoms with Gasteiger partial charge in [-0.15, -0.1) is 0 Å². The number of likely N-dealkylation sites (N-methyl/N-ethyl adjacent to an activating group) is 1. The van der Waals surface area contributed by atoms with Crippen LogP contribution >= 0.6 is 0 Å². The molecule has 1 rings (SSSR count). The zero-order chi connectivity index (χ0) is 8.97. The number of carbonyl (C=O) groups is 1. The van der Waals surface area contributed by atoms with Crippen molar-refractivity contribution in [2.75, 3.05) is 33.4 Å². The molecular formula is C8H16N2O2. The number of nitrogens with one attached hydrogen (secondary N) is 1. The van der Waals surface area contributed by atoms with Crippen LogP contribution in [-0.4, -0.2) is 50.2 Å². The molecule has 0 spiro atoms. The Balaban J connectivity index is 2.39. The van der Waals surface area contributed by atoms with Crippen LogP contribution in [0.3, 0.4) is 0 Å². The first-order valence-electron chi connectivity index (χ1n) is 4.29. The summed E-state index contributed by atoms with van der Waals surface area (Å²) in [5.41, 5.74) is 0. The van der Waals surface area contributed by atoms with Gasteiger partial charge in [0.2, 0.25) is 5.91 Å². The number of hydrogen-bond donors (Lipinski definition) is 1. The minimum absolute atomic E-state index is 0.0288. The fourth-order valence-electron chi connectivity index (χ4n) is 1.34. The van der Waals surface area contributed by atoms with E-state index < -0.39 is 0 Å². The molecule has 12 heavy (non-hydrogen) atoms. The topological polar surface area (TPSA) is 41.6 Å². The molecule has 1 atom stereocenters. The van der Waals surface area contributed by atoms with Gasteiger partial charge in [0.25, 0.3) is 0 Å². The van der Waals surface area contributed by atoms with Crippen LogP contribution in [0.4, 0.5) is 0 Å². The Morgan fingerprint density at radius 2 is 2.08 bits per heavy atom. The van der Waals surface area contributed by atoms with Crippen molar-refractivity contribution in [3.05, 3.63) is 0 Å². The number of ether oxygens (including phenoxy) is 1. The number of rotatable bonds is 2. The van der Waals surface area contributed by atoms with Crippen molar-refractivity contribution in [2.45, 2.75) is 13.0 Å². The molecule has 0 radical (unpaired) electrons. The first-order valence-corrected chi connectivity index (χ1v) is 4.29. The molecule has 70 valence electrons. The lowest BCUT2D eigenvalue weighted by molar-refractivity contribution is -0.126. The highest BCUT2D eigenvalue weighted by molar-refractivity contribution is 5.80. The molecule has 1 fully saturated rings. The summed E-state index contributed by atoms with van der Waals surface area (Å²) in [7, 11) is 1.67. The van der Waals surface area contributed by atoms with Crippen LogP contribution in [0.5, 0.6) is 0 Å². The van der Waals surface area contributed by atoms with Gasteiger partial charge in [-0.05, 0) is 6.92 Å². The summed E-state index contributed by atoms with van der Waals surface area (Å²) >= 11 is 0. The average Bonchev–Trinajstić information content (AvgIpc) is 2.17. The van der Waals surface area contributed by atoms with E-state index in [4.69, 9.17) is 4.74 Å². The summed E-state index contributed by atoms with van der Waals surface area (Å²) < 4.78 is 5.19. The summed E-state index contributed by atoms with van der Waals surface area (Å²) in [6.07, 6.45) is 0. The predicted molar refractivity (Wildman–Crippen MR) is 45.9 cm³/mol. The Labute approximate surface area is 72.9 Å². The normalized spacial score (nSPS) is 21.8. The minimum atomic E-state index is -0.0288. The monoisotopic (exact) mass is 172 g/mol. The maximum atomic E-state index is 11.2. The predicted octanol–water partition coefficient (Wildman–Crippen LogP) is -0.547. The summed E-state index contributed by atoms with van der Waals surface area (Å²) in [6.45, 7) is 5.11. The fourth-order valence-corrected chi connectivity index (χ4v) is 1.34. The van der Waals surface area contributed by atoms with E-state index in [2.05, 4.69) is 10.2 Å². The maximum Gasteiger partial charge on any atom is 0.236 e. The second-order valence-electron chi connectivity index (χ2n) is 2.94. The summed E-state index contributed by atoms with van der Waals surface area (Å²) in [6, 6.07) is -0.0288. The molecule has 0 aromatic carbocycles. The number of nitrogens with zero attached hydrogens (tertiary/aromatic N) is 1. The van der Waals surface area contributed by atoms with Crippen molar-refractivity contribution >= 4 is 5.91 Å². The Bertz CT molecular complexity index is 155. The van der Waals surface area contributed by atoms with E-state index in [0.29, 0.717) is 0 Å². The van der Waals surface area contributed by atoms with Gasteiger partial charge in [-0.2, -0.15) is 0 Å². The van der Waals surface area contributed by atoms with Crippen LogP contribution in [0.15, 0.2) is 0 Å². The summed E-state index contributed by atoms with van der Waals surface area (Å²) in [5.74, 6) is 0.0805. The lowest BCUT2D eigenvalue weighted by Gasteiger charge is -2.30. The maximum absolute atomic E-state index is 11.2. The van der Waals surface area contributed by atoms with Crippen molar-refractivity contribution < 1.29 is 9.53 Å². The molecule has 0 saturated carbocycles. The molecule has 4 nitrogen and oxygen atoms in total. The van der Waals surface area contributed by atoms with Crippen molar-refractivity contribution in [3.63, 3.8) is 0 Å². The highest BCUT2D eigenvalue weighted by Gasteiger charge is 2.21. The van der Waals surface area contributed by atoms with Gasteiger partial charge < -0.3 is 10.1 Å². The van der Waals surface area contributed by atoms with Crippen molar-refractivity contribution in [2.24, 2.45) is 0 Å². The summed E-state index contributed by atoms with van der Waals surface area (Å²) in [4.78, 5) is 13.3. The number of morpholine rings is 1. The molecule has 1 aliphatic rings. The van der Waals surface area contributed by atoms with E-state index in [1.165, 1.54) is 0 Å². The molecule has 0 aromatic rings. The van der Waals surface area contributed by atoms with E-state index in [0.717, 1.165) is 26.3 Å². The average molecular weight is 172 g/mol. The minimum Gasteiger partial charge on any atom is -0.379 e. The van der Waals surface area contributed by atoms with Crippen LogP contribution in [0.25, 0.3) is 0 Å². The van der Waals surface area contributed by atoms with Gasteiger partial charge in [0.15, 0.2) is 0 Å². The second-order valence-corrected chi connectivity index (χ2v) is 2.94. The first kappa shape index (κ1) is 9.48. The lowest BCUT2D eigenvalue weighted by atomic mass is 10.2. The Morgan fingerprint density at radius 3 is 2.58 bits per heavy atom. The molecule has 1 heterocycles. The number of amides is 1. The molecule has 1 saturated heterocycles.